The minimum absolute atomic E-state index is 0.0116. The van der Waals surface area contributed by atoms with Crippen molar-refractivity contribution in [3.05, 3.63) is 33.3 Å². The zero-order valence-corrected chi connectivity index (χ0v) is 14.1. The lowest BCUT2D eigenvalue weighted by atomic mass is 9.93. The van der Waals surface area contributed by atoms with Crippen molar-refractivity contribution in [1.29, 1.82) is 0 Å². The van der Waals surface area contributed by atoms with Gasteiger partial charge in [-0.25, -0.2) is 0 Å². The largest absolute Gasteiger partial charge is 0.351 e. The number of hydrogen-bond donors (Lipinski definition) is 1. The summed E-state index contributed by atoms with van der Waals surface area (Å²) in [6.07, 6.45) is 0. The van der Waals surface area contributed by atoms with Crippen molar-refractivity contribution < 1.29 is 4.79 Å². The molecule has 5 heteroatoms. The van der Waals surface area contributed by atoms with E-state index in [9.17, 15) is 4.79 Å². The maximum absolute atomic E-state index is 12.1. The van der Waals surface area contributed by atoms with Crippen molar-refractivity contribution in [3.8, 4) is 0 Å². The molecule has 0 fully saturated rings. The van der Waals surface area contributed by atoms with E-state index >= 15 is 0 Å². The maximum Gasteiger partial charge on any atom is 0.252 e. The minimum Gasteiger partial charge on any atom is -0.351 e. The van der Waals surface area contributed by atoms with Crippen LogP contribution < -0.4 is 5.32 Å². The Balaban J connectivity index is 2.68. The van der Waals surface area contributed by atoms with Crippen LogP contribution in [0.5, 0.6) is 0 Å². The molecular weight excluding hydrogens is 328 g/mol. The van der Waals surface area contributed by atoms with Gasteiger partial charge < -0.3 is 10.2 Å². The number of halogens is 2. The normalized spacial score (nSPS) is 11.7. The number of rotatable bonds is 5. The van der Waals surface area contributed by atoms with Crippen molar-refractivity contribution in [3.63, 3.8) is 0 Å². The molecule has 0 aromatic heterocycles. The van der Waals surface area contributed by atoms with Crippen molar-refractivity contribution >= 4 is 33.4 Å². The van der Waals surface area contributed by atoms with E-state index in [2.05, 4.69) is 40.0 Å². The van der Waals surface area contributed by atoms with Crippen LogP contribution in [0.4, 0.5) is 0 Å². The molecule has 0 atom stereocenters. The molecule has 106 valence electrons. The molecule has 0 saturated carbocycles. The van der Waals surface area contributed by atoms with Gasteiger partial charge in [0.25, 0.3) is 5.91 Å². The molecule has 0 radical (unpaired) electrons. The van der Waals surface area contributed by atoms with Gasteiger partial charge in [-0.3, -0.25) is 4.79 Å². The Kier molecular flexibility index (Phi) is 5.83. The van der Waals surface area contributed by atoms with Gasteiger partial charge in [0.15, 0.2) is 0 Å². The summed E-state index contributed by atoms with van der Waals surface area (Å²) < 4.78 is 0.731. The summed E-state index contributed by atoms with van der Waals surface area (Å²) in [5, 5.41) is 3.39. The predicted octanol–water partition coefficient (Wildman–Crippen LogP) is 3.42. The molecule has 0 aliphatic carbocycles. The molecule has 19 heavy (non-hydrogen) atoms. The van der Waals surface area contributed by atoms with Crippen molar-refractivity contribution in [2.24, 2.45) is 5.41 Å². The molecule has 0 aliphatic rings. The summed E-state index contributed by atoms with van der Waals surface area (Å²) >= 11 is 9.43. The Bertz CT molecular complexity index is 461. The van der Waals surface area contributed by atoms with Crippen molar-refractivity contribution in [1.82, 2.24) is 10.2 Å². The lowest BCUT2D eigenvalue weighted by molar-refractivity contribution is 0.0929. The third-order valence-corrected chi connectivity index (χ3v) is 3.96. The van der Waals surface area contributed by atoms with Gasteiger partial charge in [0.2, 0.25) is 0 Å². The Hall–Kier alpha value is -0.580. The monoisotopic (exact) mass is 346 g/mol. The second-order valence-electron chi connectivity index (χ2n) is 5.69. The van der Waals surface area contributed by atoms with Gasteiger partial charge in [-0.05, 0) is 47.6 Å². The predicted molar refractivity (Wildman–Crippen MR) is 83.8 cm³/mol. The average Bonchev–Trinajstić information content (AvgIpc) is 2.28. The zero-order chi connectivity index (χ0) is 14.6. The molecular formula is C14H20BrClN2O. The first-order chi connectivity index (χ1) is 8.73. The second-order valence-corrected chi connectivity index (χ2v) is 6.92. The summed E-state index contributed by atoms with van der Waals surface area (Å²) in [4.78, 5) is 14.2. The molecule has 0 unspecified atom stereocenters. The van der Waals surface area contributed by atoms with Gasteiger partial charge in [0.05, 0.1) is 10.6 Å². The topological polar surface area (TPSA) is 32.3 Å². The Labute approximate surface area is 128 Å². The highest BCUT2D eigenvalue weighted by Gasteiger charge is 2.21. The first-order valence-corrected chi connectivity index (χ1v) is 7.27. The third-order valence-electron chi connectivity index (χ3n) is 2.67. The molecule has 0 saturated heterocycles. The highest BCUT2D eigenvalue weighted by atomic mass is 79.9. The van der Waals surface area contributed by atoms with Crippen LogP contribution in [0, 0.1) is 5.41 Å². The van der Waals surface area contributed by atoms with Gasteiger partial charge in [0, 0.05) is 17.6 Å². The van der Waals surface area contributed by atoms with Crippen molar-refractivity contribution in [2.45, 2.75) is 13.8 Å². The van der Waals surface area contributed by atoms with Gasteiger partial charge in [-0.2, -0.15) is 0 Å². The molecule has 0 spiro atoms. The Morgan fingerprint density at radius 2 is 2.05 bits per heavy atom. The first kappa shape index (κ1) is 16.5. The average molecular weight is 348 g/mol. The number of amides is 1. The fourth-order valence-corrected chi connectivity index (χ4v) is 2.58. The summed E-state index contributed by atoms with van der Waals surface area (Å²) in [5.41, 5.74) is 0.508. The van der Waals surface area contributed by atoms with E-state index in [0.29, 0.717) is 17.1 Å². The van der Waals surface area contributed by atoms with Crippen LogP contribution in [0.15, 0.2) is 22.7 Å². The molecule has 0 aliphatic heterocycles. The zero-order valence-electron chi connectivity index (χ0n) is 11.8. The summed E-state index contributed by atoms with van der Waals surface area (Å²) in [7, 11) is 4.05. The Morgan fingerprint density at radius 3 is 2.63 bits per heavy atom. The van der Waals surface area contributed by atoms with E-state index < -0.39 is 0 Å². The lowest BCUT2D eigenvalue weighted by Crippen LogP contribution is -2.40. The summed E-state index contributed by atoms with van der Waals surface area (Å²) in [6.45, 7) is 5.75. The molecule has 1 aromatic carbocycles. The molecule has 1 aromatic rings. The fourth-order valence-electron chi connectivity index (χ4n) is 2.01. The van der Waals surface area contributed by atoms with Crippen LogP contribution >= 0.6 is 27.5 Å². The molecule has 1 amide bonds. The highest BCUT2D eigenvalue weighted by molar-refractivity contribution is 9.10. The van der Waals surface area contributed by atoms with Gasteiger partial charge in [-0.15, -0.1) is 0 Å². The molecule has 3 nitrogen and oxygen atoms in total. The quantitative estimate of drug-likeness (QED) is 0.885. The van der Waals surface area contributed by atoms with Crippen LogP contribution in [0.1, 0.15) is 24.2 Å². The number of benzene rings is 1. The highest BCUT2D eigenvalue weighted by Crippen LogP contribution is 2.26. The number of nitrogens with zero attached hydrogens (tertiary/aromatic N) is 1. The van der Waals surface area contributed by atoms with Gasteiger partial charge in [-0.1, -0.05) is 31.5 Å². The van der Waals surface area contributed by atoms with Crippen LogP contribution in [-0.4, -0.2) is 38.0 Å². The maximum atomic E-state index is 12.1. The SMILES string of the molecule is CN(C)CC(C)(C)CNC(=O)c1cccc(Br)c1Cl. The van der Waals surface area contributed by atoms with E-state index in [4.69, 9.17) is 11.6 Å². The number of carbonyl (C=O) groups excluding carboxylic acids is 1. The molecule has 1 N–H and O–H groups in total. The molecule has 0 heterocycles. The Morgan fingerprint density at radius 1 is 1.42 bits per heavy atom. The van der Waals surface area contributed by atoms with E-state index in [0.717, 1.165) is 11.0 Å². The van der Waals surface area contributed by atoms with Crippen LogP contribution in [0.25, 0.3) is 0 Å². The molecule has 0 bridgehead atoms. The van der Waals surface area contributed by atoms with E-state index in [1.54, 1.807) is 12.1 Å². The second kappa shape index (κ2) is 6.73. The summed E-state index contributed by atoms with van der Waals surface area (Å²) in [6, 6.07) is 5.34. The van der Waals surface area contributed by atoms with Crippen molar-refractivity contribution in [2.75, 3.05) is 27.2 Å². The number of carbonyl (C=O) groups is 1. The number of hydrogen-bond acceptors (Lipinski definition) is 2. The van der Waals surface area contributed by atoms with Crippen LogP contribution in [0.2, 0.25) is 5.02 Å². The minimum atomic E-state index is -0.141. The van der Waals surface area contributed by atoms with E-state index in [1.807, 2.05) is 20.2 Å². The first-order valence-electron chi connectivity index (χ1n) is 6.10. The van der Waals surface area contributed by atoms with Crippen LogP contribution in [0.3, 0.4) is 0 Å². The standard InChI is InChI=1S/C14H20BrClN2O/c1-14(2,9-18(3)4)8-17-13(19)10-6-5-7-11(15)12(10)16/h5-7H,8-9H2,1-4H3,(H,17,19). The van der Waals surface area contributed by atoms with E-state index in [1.165, 1.54) is 0 Å². The van der Waals surface area contributed by atoms with Gasteiger partial charge in [0.1, 0.15) is 0 Å². The lowest BCUT2D eigenvalue weighted by Gasteiger charge is -2.28. The summed E-state index contributed by atoms with van der Waals surface area (Å²) in [5.74, 6) is -0.141. The van der Waals surface area contributed by atoms with Crippen LogP contribution in [-0.2, 0) is 0 Å². The van der Waals surface area contributed by atoms with E-state index in [-0.39, 0.29) is 11.3 Å². The molecule has 1 rings (SSSR count). The third kappa shape index (κ3) is 5.13. The number of nitrogens with one attached hydrogen (secondary N) is 1. The van der Waals surface area contributed by atoms with Gasteiger partial charge >= 0.3 is 0 Å². The smallest absolute Gasteiger partial charge is 0.252 e. The fraction of sp³-hybridized carbons (Fsp3) is 0.500.